The number of hydrogen-bond acceptors (Lipinski definition) is 3. The number of aryl methyl sites for hydroxylation is 1. The number of amides is 2. The second-order valence-electron chi connectivity index (χ2n) is 5.86. The zero-order valence-corrected chi connectivity index (χ0v) is 13.6. The number of hydrogen-bond donors (Lipinski definition) is 1. The minimum Gasteiger partial charge on any atom is -0.383 e. The fourth-order valence-electron chi connectivity index (χ4n) is 2.70. The summed E-state index contributed by atoms with van der Waals surface area (Å²) in [5.41, 5.74) is 1.70. The average molecular weight is 322 g/mol. The van der Waals surface area contributed by atoms with Gasteiger partial charge in [0.2, 0.25) is 11.8 Å². The molecular formula is C17H23FN2O3. The Kier molecular flexibility index (Phi) is 6.10. The topological polar surface area (TPSA) is 58.6 Å². The number of ether oxygens (including phenoxy) is 1. The largest absolute Gasteiger partial charge is 0.383 e. The maximum Gasteiger partial charge on any atom is 0.225 e. The minimum absolute atomic E-state index is 0.0621. The van der Waals surface area contributed by atoms with Crippen molar-refractivity contribution < 1.29 is 18.7 Å². The van der Waals surface area contributed by atoms with Crippen LogP contribution < -0.4 is 5.32 Å². The molecule has 1 aromatic carbocycles. The predicted octanol–water partition coefficient (Wildman–Crippen LogP) is 1.64. The second kappa shape index (κ2) is 8.06. The van der Waals surface area contributed by atoms with Crippen LogP contribution in [-0.4, -0.2) is 43.5 Å². The molecule has 0 aromatic heterocycles. The summed E-state index contributed by atoms with van der Waals surface area (Å²) >= 11 is 0. The average Bonchev–Trinajstić information content (AvgIpc) is 2.54. The highest BCUT2D eigenvalue weighted by molar-refractivity contribution is 5.83. The van der Waals surface area contributed by atoms with Crippen LogP contribution in [0.4, 0.5) is 4.39 Å². The Morgan fingerprint density at radius 2 is 2.26 bits per heavy atom. The van der Waals surface area contributed by atoms with E-state index in [0.717, 1.165) is 11.1 Å². The van der Waals surface area contributed by atoms with Crippen molar-refractivity contribution >= 4 is 11.8 Å². The molecule has 6 heteroatoms. The summed E-state index contributed by atoms with van der Waals surface area (Å²) in [7, 11) is 1.58. The second-order valence-corrected chi connectivity index (χ2v) is 5.86. The number of piperidine rings is 1. The van der Waals surface area contributed by atoms with Gasteiger partial charge in [-0.1, -0.05) is 6.07 Å². The van der Waals surface area contributed by atoms with E-state index in [0.29, 0.717) is 39.1 Å². The Labute approximate surface area is 135 Å². The van der Waals surface area contributed by atoms with Crippen molar-refractivity contribution in [2.24, 2.45) is 5.92 Å². The van der Waals surface area contributed by atoms with Gasteiger partial charge in [0.15, 0.2) is 0 Å². The van der Waals surface area contributed by atoms with Gasteiger partial charge in [-0.25, -0.2) is 4.39 Å². The molecule has 0 unspecified atom stereocenters. The number of nitrogens with zero attached hydrogens (tertiary/aromatic N) is 1. The number of halogens is 1. The summed E-state index contributed by atoms with van der Waals surface area (Å²) in [5, 5.41) is 2.85. The molecule has 23 heavy (non-hydrogen) atoms. The Morgan fingerprint density at radius 1 is 1.48 bits per heavy atom. The van der Waals surface area contributed by atoms with Crippen LogP contribution >= 0.6 is 0 Å². The summed E-state index contributed by atoms with van der Waals surface area (Å²) in [5.74, 6) is -0.567. The van der Waals surface area contributed by atoms with Gasteiger partial charge in [-0.2, -0.15) is 0 Å². The first-order valence-electron chi connectivity index (χ1n) is 7.80. The van der Waals surface area contributed by atoms with Gasteiger partial charge >= 0.3 is 0 Å². The van der Waals surface area contributed by atoms with Crippen LogP contribution in [0.2, 0.25) is 0 Å². The lowest BCUT2D eigenvalue weighted by molar-refractivity contribution is -0.138. The Bertz CT molecular complexity index is 577. The van der Waals surface area contributed by atoms with Crippen molar-refractivity contribution in [2.75, 3.05) is 26.8 Å². The molecule has 1 atom stereocenters. The lowest BCUT2D eigenvalue weighted by Gasteiger charge is -2.31. The van der Waals surface area contributed by atoms with Crippen molar-refractivity contribution in [3.63, 3.8) is 0 Å². The van der Waals surface area contributed by atoms with Crippen LogP contribution in [0.15, 0.2) is 18.2 Å². The molecule has 1 heterocycles. The lowest BCUT2D eigenvalue weighted by atomic mass is 9.96. The summed E-state index contributed by atoms with van der Waals surface area (Å²) in [4.78, 5) is 25.8. The van der Waals surface area contributed by atoms with E-state index in [2.05, 4.69) is 5.32 Å². The van der Waals surface area contributed by atoms with E-state index in [-0.39, 0.29) is 23.5 Å². The van der Waals surface area contributed by atoms with E-state index < -0.39 is 0 Å². The van der Waals surface area contributed by atoms with E-state index in [1.165, 1.54) is 12.1 Å². The molecule has 0 aliphatic carbocycles. The van der Waals surface area contributed by atoms with Crippen molar-refractivity contribution in [3.8, 4) is 0 Å². The van der Waals surface area contributed by atoms with E-state index >= 15 is 0 Å². The number of rotatable bonds is 6. The van der Waals surface area contributed by atoms with E-state index in [4.69, 9.17) is 4.74 Å². The van der Waals surface area contributed by atoms with Crippen LogP contribution in [-0.2, 0) is 20.9 Å². The molecule has 1 fully saturated rings. The SMILES string of the molecule is COCCN1C[C@@H](C(=O)NCc2cc(F)ccc2C)CCC1=O. The zero-order chi connectivity index (χ0) is 16.8. The third kappa shape index (κ3) is 4.76. The molecule has 5 nitrogen and oxygen atoms in total. The van der Waals surface area contributed by atoms with Crippen molar-refractivity contribution in [1.82, 2.24) is 10.2 Å². The highest BCUT2D eigenvalue weighted by Crippen LogP contribution is 2.18. The first kappa shape index (κ1) is 17.4. The highest BCUT2D eigenvalue weighted by Gasteiger charge is 2.29. The molecule has 0 spiro atoms. The molecule has 126 valence electrons. The van der Waals surface area contributed by atoms with E-state index in [1.54, 1.807) is 18.1 Å². The van der Waals surface area contributed by atoms with Gasteiger partial charge in [-0.05, 0) is 36.6 Å². The molecular weight excluding hydrogens is 299 g/mol. The highest BCUT2D eigenvalue weighted by atomic mass is 19.1. The third-order valence-corrected chi connectivity index (χ3v) is 4.20. The fourth-order valence-corrected chi connectivity index (χ4v) is 2.70. The Balaban J connectivity index is 1.90. The van der Waals surface area contributed by atoms with Crippen molar-refractivity contribution in [2.45, 2.75) is 26.3 Å². The number of carbonyl (C=O) groups is 2. The number of nitrogens with one attached hydrogen (secondary N) is 1. The Morgan fingerprint density at radius 3 is 3.00 bits per heavy atom. The third-order valence-electron chi connectivity index (χ3n) is 4.20. The quantitative estimate of drug-likeness (QED) is 0.866. The van der Waals surface area contributed by atoms with Crippen LogP contribution in [0.25, 0.3) is 0 Å². The molecule has 0 saturated carbocycles. The van der Waals surface area contributed by atoms with Gasteiger partial charge in [0, 0.05) is 33.2 Å². The smallest absolute Gasteiger partial charge is 0.225 e. The molecule has 1 saturated heterocycles. The molecule has 1 aromatic rings. The van der Waals surface area contributed by atoms with Gasteiger partial charge in [-0.15, -0.1) is 0 Å². The summed E-state index contributed by atoms with van der Waals surface area (Å²) in [6.07, 6.45) is 0.928. The lowest BCUT2D eigenvalue weighted by Crippen LogP contribution is -2.46. The molecule has 0 radical (unpaired) electrons. The van der Waals surface area contributed by atoms with Gasteiger partial charge in [0.1, 0.15) is 5.82 Å². The van der Waals surface area contributed by atoms with E-state index in [1.807, 2.05) is 6.92 Å². The molecule has 2 rings (SSSR count). The Hall–Kier alpha value is -1.95. The van der Waals surface area contributed by atoms with Crippen LogP contribution in [0.1, 0.15) is 24.0 Å². The van der Waals surface area contributed by atoms with Crippen LogP contribution in [0, 0.1) is 18.7 Å². The van der Waals surface area contributed by atoms with Crippen LogP contribution in [0.5, 0.6) is 0 Å². The van der Waals surface area contributed by atoms with Gasteiger partial charge in [-0.3, -0.25) is 9.59 Å². The monoisotopic (exact) mass is 322 g/mol. The molecule has 1 aliphatic heterocycles. The summed E-state index contributed by atoms with van der Waals surface area (Å²) in [6, 6.07) is 4.54. The standard InChI is InChI=1S/C17H23FN2O3/c1-12-3-5-15(18)9-14(12)10-19-17(22)13-4-6-16(21)20(11-13)7-8-23-2/h3,5,9,13H,4,6-8,10-11H2,1-2H3,(H,19,22)/t13-/m0/s1. The molecule has 0 bridgehead atoms. The molecule has 1 aliphatic rings. The fraction of sp³-hybridized carbons (Fsp3) is 0.529. The minimum atomic E-state index is -0.311. The van der Waals surface area contributed by atoms with Crippen molar-refractivity contribution in [1.29, 1.82) is 0 Å². The van der Waals surface area contributed by atoms with Gasteiger partial charge in [0.05, 0.1) is 12.5 Å². The van der Waals surface area contributed by atoms with Gasteiger partial charge < -0.3 is 15.0 Å². The maximum absolute atomic E-state index is 13.3. The number of methoxy groups -OCH3 is 1. The maximum atomic E-state index is 13.3. The number of likely N-dealkylation sites (tertiary alicyclic amines) is 1. The number of carbonyl (C=O) groups excluding carboxylic acids is 2. The normalized spacial score (nSPS) is 18.1. The van der Waals surface area contributed by atoms with E-state index in [9.17, 15) is 14.0 Å². The van der Waals surface area contributed by atoms with Crippen molar-refractivity contribution in [3.05, 3.63) is 35.1 Å². The first-order valence-corrected chi connectivity index (χ1v) is 7.80. The predicted molar refractivity (Wildman–Crippen MR) is 84.2 cm³/mol. The summed E-state index contributed by atoms with van der Waals surface area (Å²) < 4.78 is 18.3. The number of benzene rings is 1. The zero-order valence-electron chi connectivity index (χ0n) is 13.6. The molecule has 1 N–H and O–H groups in total. The summed E-state index contributed by atoms with van der Waals surface area (Å²) in [6.45, 7) is 3.55. The van der Waals surface area contributed by atoms with Crippen LogP contribution in [0.3, 0.4) is 0 Å². The van der Waals surface area contributed by atoms with Gasteiger partial charge in [0.25, 0.3) is 0 Å². The first-order chi connectivity index (χ1) is 11.0. The molecule has 2 amide bonds.